The lowest BCUT2D eigenvalue weighted by atomic mass is 9.99. The Morgan fingerprint density at radius 2 is 2.03 bits per heavy atom. The SMILES string of the molecule is CCCCC(=CC=CC(=O)NCCN(C)Cc1cccnc1)c1ccc(OC)cc1. The van der Waals surface area contributed by atoms with E-state index in [1.807, 2.05) is 43.6 Å². The molecule has 0 spiro atoms. The summed E-state index contributed by atoms with van der Waals surface area (Å²) in [7, 11) is 3.70. The van der Waals surface area contributed by atoms with Gasteiger partial charge < -0.3 is 15.0 Å². The van der Waals surface area contributed by atoms with Gasteiger partial charge in [-0.2, -0.15) is 0 Å². The second kappa shape index (κ2) is 13.3. The highest BCUT2D eigenvalue weighted by molar-refractivity contribution is 5.88. The first-order chi connectivity index (χ1) is 14.6. The van der Waals surface area contributed by atoms with Gasteiger partial charge >= 0.3 is 0 Å². The fraction of sp³-hybridized carbons (Fsp3) is 0.360. The first-order valence-electron chi connectivity index (χ1n) is 10.5. The molecular formula is C25H33N3O2. The van der Waals surface area contributed by atoms with Gasteiger partial charge in [0.05, 0.1) is 7.11 Å². The van der Waals surface area contributed by atoms with E-state index in [-0.39, 0.29) is 5.91 Å². The van der Waals surface area contributed by atoms with E-state index in [9.17, 15) is 4.79 Å². The Morgan fingerprint density at radius 3 is 2.70 bits per heavy atom. The van der Waals surface area contributed by atoms with Gasteiger partial charge in [-0.1, -0.05) is 43.7 Å². The monoisotopic (exact) mass is 407 g/mol. The van der Waals surface area contributed by atoms with Gasteiger partial charge in [-0.3, -0.25) is 9.78 Å². The summed E-state index contributed by atoms with van der Waals surface area (Å²) in [6.07, 6.45) is 12.3. The third-order valence-electron chi connectivity index (χ3n) is 4.77. The van der Waals surface area contributed by atoms with Gasteiger partial charge in [0, 0.05) is 38.1 Å². The Labute approximate surface area is 180 Å². The third kappa shape index (κ3) is 8.62. The molecule has 2 aromatic rings. The van der Waals surface area contributed by atoms with Gasteiger partial charge in [-0.25, -0.2) is 0 Å². The van der Waals surface area contributed by atoms with Crippen LogP contribution in [-0.4, -0.2) is 43.0 Å². The number of carbonyl (C=O) groups excluding carboxylic acids is 1. The zero-order valence-electron chi connectivity index (χ0n) is 18.3. The molecule has 1 amide bonds. The highest BCUT2D eigenvalue weighted by Crippen LogP contribution is 2.23. The third-order valence-corrected chi connectivity index (χ3v) is 4.77. The van der Waals surface area contributed by atoms with E-state index in [1.54, 1.807) is 19.4 Å². The van der Waals surface area contributed by atoms with Crippen molar-refractivity contribution < 1.29 is 9.53 Å². The van der Waals surface area contributed by atoms with Crippen LogP contribution in [0.2, 0.25) is 0 Å². The number of aromatic nitrogens is 1. The van der Waals surface area contributed by atoms with Crippen molar-refractivity contribution >= 4 is 11.5 Å². The molecule has 1 aromatic carbocycles. The van der Waals surface area contributed by atoms with Crippen LogP contribution in [0, 0.1) is 0 Å². The number of hydrogen-bond donors (Lipinski definition) is 1. The quantitative estimate of drug-likeness (QED) is 0.417. The number of ether oxygens (including phenoxy) is 1. The van der Waals surface area contributed by atoms with Crippen LogP contribution in [0.1, 0.15) is 37.3 Å². The molecule has 1 heterocycles. The number of pyridine rings is 1. The Hall–Kier alpha value is -2.92. The van der Waals surface area contributed by atoms with Crippen LogP contribution in [0.15, 0.2) is 67.0 Å². The highest BCUT2D eigenvalue weighted by atomic mass is 16.5. The Morgan fingerprint density at radius 1 is 1.23 bits per heavy atom. The zero-order chi connectivity index (χ0) is 21.6. The molecule has 5 heteroatoms. The second-order valence-corrected chi connectivity index (χ2v) is 7.27. The molecule has 0 bridgehead atoms. The van der Waals surface area contributed by atoms with E-state index in [4.69, 9.17) is 4.74 Å². The van der Waals surface area contributed by atoms with Gasteiger partial charge in [0.15, 0.2) is 0 Å². The largest absolute Gasteiger partial charge is 0.497 e. The number of nitrogens with one attached hydrogen (secondary N) is 1. The van der Waals surface area contributed by atoms with Gasteiger partial charge in [0.25, 0.3) is 0 Å². The number of benzene rings is 1. The van der Waals surface area contributed by atoms with Gasteiger partial charge in [0.1, 0.15) is 5.75 Å². The summed E-state index contributed by atoms with van der Waals surface area (Å²) in [5.41, 5.74) is 3.54. The van der Waals surface area contributed by atoms with E-state index < -0.39 is 0 Å². The smallest absolute Gasteiger partial charge is 0.244 e. The fourth-order valence-electron chi connectivity index (χ4n) is 3.06. The lowest BCUT2D eigenvalue weighted by Crippen LogP contribution is -2.31. The van der Waals surface area contributed by atoms with Crippen LogP contribution in [0.3, 0.4) is 0 Å². The van der Waals surface area contributed by atoms with Crippen molar-refractivity contribution in [2.24, 2.45) is 0 Å². The summed E-state index contributed by atoms with van der Waals surface area (Å²) in [5.74, 6) is 0.766. The van der Waals surface area contributed by atoms with E-state index in [0.717, 1.165) is 49.2 Å². The number of rotatable bonds is 12. The number of hydrogen-bond acceptors (Lipinski definition) is 4. The maximum atomic E-state index is 12.1. The van der Waals surface area contributed by atoms with Gasteiger partial charge in [0.2, 0.25) is 5.91 Å². The van der Waals surface area contributed by atoms with Crippen molar-refractivity contribution in [1.82, 2.24) is 15.2 Å². The normalized spacial score (nSPS) is 11.8. The van der Waals surface area contributed by atoms with Crippen LogP contribution < -0.4 is 10.1 Å². The highest BCUT2D eigenvalue weighted by Gasteiger charge is 2.03. The molecular weight excluding hydrogens is 374 g/mol. The molecule has 0 aliphatic carbocycles. The van der Waals surface area contributed by atoms with Crippen molar-refractivity contribution in [3.05, 3.63) is 78.1 Å². The molecule has 0 fully saturated rings. The summed E-state index contributed by atoms with van der Waals surface area (Å²) >= 11 is 0. The molecule has 0 radical (unpaired) electrons. The van der Waals surface area contributed by atoms with Gasteiger partial charge in [-0.05, 0) is 54.8 Å². The number of amides is 1. The van der Waals surface area contributed by atoms with E-state index in [1.165, 1.54) is 5.57 Å². The van der Waals surface area contributed by atoms with Crippen LogP contribution in [0.4, 0.5) is 0 Å². The predicted octanol–water partition coefficient (Wildman–Crippen LogP) is 4.47. The Balaban J connectivity index is 1.83. The lowest BCUT2D eigenvalue weighted by Gasteiger charge is -2.16. The average Bonchev–Trinajstić information content (AvgIpc) is 2.77. The first-order valence-corrected chi connectivity index (χ1v) is 10.5. The average molecular weight is 408 g/mol. The summed E-state index contributed by atoms with van der Waals surface area (Å²) in [4.78, 5) is 18.4. The Bertz CT molecular complexity index is 814. The number of allylic oxidation sites excluding steroid dienone is 3. The van der Waals surface area contributed by atoms with Crippen molar-refractivity contribution in [3.8, 4) is 5.75 Å². The number of unbranched alkanes of at least 4 members (excludes halogenated alkanes) is 1. The maximum Gasteiger partial charge on any atom is 0.244 e. The second-order valence-electron chi connectivity index (χ2n) is 7.27. The van der Waals surface area contributed by atoms with Crippen molar-refractivity contribution in [1.29, 1.82) is 0 Å². The molecule has 2 rings (SSSR count). The molecule has 0 saturated heterocycles. The standard InChI is InChI=1S/C25H33N3O2/c1-4-5-9-22(23-12-14-24(30-3)15-13-23)10-6-11-25(29)27-17-18-28(2)20-21-8-7-16-26-19-21/h6-8,10-16,19H,4-5,9,17-18,20H2,1-3H3,(H,27,29). The number of methoxy groups -OCH3 is 1. The predicted molar refractivity (Wildman–Crippen MR) is 123 cm³/mol. The summed E-state index contributed by atoms with van der Waals surface area (Å²) in [5, 5.41) is 2.94. The fourth-order valence-corrected chi connectivity index (χ4v) is 3.06. The molecule has 0 unspecified atom stereocenters. The zero-order valence-corrected chi connectivity index (χ0v) is 18.3. The summed E-state index contributed by atoms with van der Waals surface area (Å²) in [6.45, 7) is 4.37. The minimum Gasteiger partial charge on any atom is -0.497 e. The van der Waals surface area contributed by atoms with Gasteiger partial charge in [-0.15, -0.1) is 0 Å². The summed E-state index contributed by atoms with van der Waals surface area (Å²) < 4.78 is 5.24. The van der Waals surface area contributed by atoms with Crippen LogP contribution in [0.5, 0.6) is 5.75 Å². The van der Waals surface area contributed by atoms with Crippen LogP contribution in [-0.2, 0) is 11.3 Å². The number of nitrogens with zero attached hydrogens (tertiary/aromatic N) is 2. The molecule has 1 N–H and O–H groups in total. The van der Waals surface area contributed by atoms with E-state index >= 15 is 0 Å². The topological polar surface area (TPSA) is 54.5 Å². The molecule has 1 aromatic heterocycles. The molecule has 30 heavy (non-hydrogen) atoms. The Kier molecular flexibility index (Phi) is 10.4. The molecule has 5 nitrogen and oxygen atoms in total. The molecule has 160 valence electrons. The van der Waals surface area contributed by atoms with Crippen molar-refractivity contribution in [2.75, 3.05) is 27.2 Å². The minimum absolute atomic E-state index is 0.0781. The summed E-state index contributed by atoms with van der Waals surface area (Å²) in [6, 6.07) is 12.0. The van der Waals surface area contributed by atoms with Crippen LogP contribution in [0.25, 0.3) is 5.57 Å². The van der Waals surface area contributed by atoms with Crippen molar-refractivity contribution in [2.45, 2.75) is 32.7 Å². The van der Waals surface area contributed by atoms with E-state index in [0.29, 0.717) is 6.54 Å². The number of carbonyl (C=O) groups is 1. The lowest BCUT2D eigenvalue weighted by molar-refractivity contribution is -0.116. The van der Waals surface area contributed by atoms with Crippen molar-refractivity contribution in [3.63, 3.8) is 0 Å². The molecule has 0 saturated carbocycles. The number of likely N-dealkylation sites (N-methyl/N-ethyl adjacent to an activating group) is 1. The minimum atomic E-state index is -0.0781. The molecule has 0 aliphatic heterocycles. The van der Waals surface area contributed by atoms with Crippen LogP contribution >= 0.6 is 0 Å². The van der Waals surface area contributed by atoms with E-state index in [2.05, 4.69) is 40.3 Å². The maximum absolute atomic E-state index is 12.1. The first kappa shape index (κ1) is 23.4. The molecule has 0 aliphatic rings. The molecule has 0 atom stereocenters.